The van der Waals surface area contributed by atoms with Crippen molar-refractivity contribution in [1.82, 2.24) is 0 Å². The molecule has 0 spiro atoms. The third-order valence-corrected chi connectivity index (χ3v) is 4.49. The molecule has 0 aliphatic rings. The quantitative estimate of drug-likeness (QED) is 0.795. The van der Waals surface area contributed by atoms with Gasteiger partial charge in [0.1, 0.15) is 10.6 Å². The molecule has 0 fully saturated rings. The highest BCUT2D eigenvalue weighted by Crippen LogP contribution is 2.27. The number of carboxylic acids is 2. The Hall–Kier alpha value is -2.87. The lowest BCUT2D eigenvalue weighted by Crippen LogP contribution is -2.14. The zero-order chi connectivity index (χ0) is 18.1. The summed E-state index contributed by atoms with van der Waals surface area (Å²) in [7, 11) is -4.40. The van der Waals surface area contributed by atoms with Crippen molar-refractivity contribution >= 4 is 22.1 Å². The first-order valence-corrected chi connectivity index (χ1v) is 8.15. The average molecular weight is 350 g/mol. The molecule has 2 aromatic carbocycles. The van der Waals surface area contributed by atoms with Crippen molar-refractivity contribution in [1.29, 1.82) is 0 Å². The lowest BCUT2D eigenvalue weighted by Gasteiger charge is -2.12. The lowest BCUT2D eigenvalue weighted by atomic mass is 10.1. The van der Waals surface area contributed by atoms with Gasteiger partial charge < -0.3 is 14.4 Å². The molecule has 24 heavy (non-hydrogen) atoms. The van der Waals surface area contributed by atoms with Crippen LogP contribution in [0.2, 0.25) is 0 Å². The minimum absolute atomic E-state index is 0.120. The molecule has 0 saturated heterocycles. The van der Waals surface area contributed by atoms with Crippen LogP contribution in [0.1, 0.15) is 31.8 Å². The number of carbonyl (C=O) groups is 2. The molecule has 2 aromatic rings. The Kier molecular flexibility index (Phi) is 4.61. The highest BCUT2D eigenvalue weighted by atomic mass is 32.2. The minimum Gasteiger partial charge on any atom is -0.478 e. The van der Waals surface area contributed by atoms with E-state index < -0.39 is 38.1 Å². The molecule has 0 bridgehead atoms. The van der Waals surface area contributed by atoms with Gasteiger partial charge in [0.15, 0.2) is 0 Å². The summed E-state index contributed by atoms with van der Waals surface area (Å²) >= 11 is 0. The van der Waals surface area contributed by atoms with Crippen LogP contribution < -0.4 is 4.18 Å². The first-order valence-electron chi connectivity index (χ1n) is 6.74. The van der Waals surface area contributed by atoms with Gasteiger partial charge in [-0.3, -0.25) is 0 Å². The Morgan fingerprint density at radius 2 is 1.38 bits per heavy atom. The maximum Gasteiger partial charge on any atom is 0.339 e. The number of para-hydroxylation sites is 1. The summed E-state index contributed by atoms with van der Waals surface area (Å²) in [5, 5.41) is 18.1. The van der Waals surface area contributed by atoms with Crippen LogP contribution in [-0.2, 0) is 10.1 Å². The van der Waals surface area contributed by atoms with Crippen molar-refractivity contribution in [3.63, 3.8) is 0 Å². The van der Waals surface area contributed by atoms with E-state index in [2.05, 4.69) is 0 Å². The van der Waals surface area contributed by atoms with Gasteiger partial charge in [-0.1, -0.05) is 18.2 Å². The Labute approximate surface area is 138 Å². The van der Waals surface area contributed by atoms with Crippen LogP contribution in [-0.4, -0.2) is 30.6 Å². The summed E-state index contributed by atoms with van der Waals surface area (Å²) in [4.78, 5) is 21.6. The molecular weight excluding hydrogens is 336 g/mol. The smallest absolute Gasteiger partial charge is 0.339 e. The van der Waals surface area contributed by atoms with Crippen molar-refractivity contribution < 1.29 is 32.4 Å². The van der Waals surface area contributed by atoms with Gasteiger partial charge in [0.2, 0.25) is 0 Å². The molecule has 0 amide bonds. The molecule has 8 heteroatoms. The number of aryl methyl sites for hydroxylation is 2. The molecule has 0 radical (unpaired) electrons. The summed E-state index contributed by atoms with van der Waals surface area (Å²) in [5.74, 6) is -2.77. The van der Waals surface area contributed by atoms with Crippen LogP contribution in [0.15, 0.2) is 41.3 Å². The van der Waals surface area contributed by atoms with Crippen LogP contribution in [0, 0.1) is 13.8 Å². The maximum atomic E-state index is 12.4. The fourth-order valence-electron chi connectivity index (χ4n) is 2.08. The summed E-state index contributed by atoms with van der Waals surface area (Å²) < 4.78 is 30.0. The first-order chi connectivity index (χ1) is 11.1. The van der Waals surface area contributed by atoms with Gasteiger partial charge in [0.05, 0.1) is 11.1 Å². The van der Waals surface area contributed by atoms with E-state index in [1.165, 1.54) is 0 Å². The van der Waals surface area contributed by atoms with Gasteiger partial charge in [-0.2, -0.15) is 8.42 Å². The second-order valence-electron chi connectivity index (χ2n) is 5.11. The number of rotatable bonds is 5. The van der Waals surface area contributed by atoms with Crippen LogP contribution >= 0.6 is 0 Å². The molecule has 0 aromatic heterocycles. The number of aromatic carboxylic acids is 2. The van der Waals surface area contributed by atoms with Gasteiger partial charge in [-0.05, 0) is 43.2 Å². The third-order valence-electron chi connectivity index (χ3n) is 3.29. The van der Waals surface area contributed by atoms with E-state index in [1.54, 1.807) is 32.0 Å². The molecule has 0 unspecified atom stereocenters. The zero-order valence-electron chi connectivity index (χ0n) is 12.8. The van der Waals surface area contributed by atoms with Crippen molar-refractivity contribution in [2.24, 2.45) is 0 Å². The fourth-order valence-corrected chi connectivity index (χ4v) is 3.20. The van der Waals surface area contributed by atoms with Gasteiger partial charge in [-0.15, -0.1) is 0 Å². The van der Waals surface area contributed by atoms with Crippen LogP contribution in [0.5, 0.6) is 5.75 Å². The molecule has 7 nitrogen and oxygen atoms in total. The molecule has 126 valence electrons. The second kappa shape index (κ2) is 6.32. The van der Waals surface area contributed by atoms with E-state index in [9.17, 15) is 18.0 Å². The lowest BCUT2D eigenvalue weighted by molar-refractivity contribution is 0.0696. The van der Waals surface area contributed by atoms with Gasteiger partial charge >= 0.3 is 22.1 Å². The number of hydrogen-bond donors (Lipinski definition) is 2. The van der Waals surface area contributed by atoms with E-state index in [0.29, 0.717) is 11.1 Å². The highest BCUT2D eigenvalue weighted by Gasteiger charge is 2.23. The van der Waals surface area contributed by atoms with Crippen molar-refractivity contribution in [3.8, 4) is 5.75 Å². The molecular formula is C16H14O7S. The summed E-state index contributed by atoms with van der Waals surface area (Å²) in [6.07, 6.45) is 0. The SMILES string of the molecule is Cc1cccc(C)c1OS(=O)(=O)c1cc(C(=O)O)cc(C(=O)O)c1. The molecule has 0 saturated carbocycles. The Bertz CT molecular complexity index is 877. The van der Waals surface area contributed by atoms with Gasteiger partial charge in [0.25, 0.3) is 0 Å². The van der Waals surface area contributed by atoms with E-state index in [4.69, 9.17) is 14.4 Å². The summed E-state index contributed by atoms with van der Waals surface area (Å²) in [5.41, 5.74) is 0.231. The molecule has 0 aliphatic heterocycles. The average Bonchev–Trinajstić information content (AvgIpc) is 2.50. The molecule has 0 heterocycles. The van der Waals surface area contributed by atoms with Gasteiger partial charge in [-0.25, -0.2) is 9.59 Å². The standard InChI is InChI=1S/C16H14O7S/c1-9-4-3-5-10(2)14(9)23-24(21,22)13-7-11(15(17)18)6-12(8-13)16(19)20/h3-8H,1-2H3,(H,17,18)(H,19,20). The Balaban J connectivity index is 2.57. The van der Waals surface area contributed by atoms with Gasteiger partial charge in [0, 0.05) is 0 Å². The van der Waals surface area contributed by atoms with E-state index in [0.717, 1.165) is 18.2 Å². The number of hydrogen-bond acceptors (Lipinski definition) is 5. The Morgan fingerprint density at radius 3 is 1.79 bits per heavy atom. The van der Waals surface area contributed by atoms with Crippen LogP contribution in [0.4, 0.5) is 0 Å². The fraction of sp³-hybridized carbons (Fsp3) is 0.125. The molecule has 0 atom stereocenters. The van der Waals surface area contributed by atoms with E-state index in [1.807, 2.05) is 0 Å². The third kappa shape index (κ3) is 3.54. The topological polar surface area (TPSA) is 118 Å². The second-order valence-corrected chi connectivity index (χ2v) is 6.66. The van der Waals surface area contributed by atoms with Crippen molar-refractivity contribution in [2.75, 3.05) is 0 Å². The van der Waals surface area contributed by atoms with Crippen molar-refractivity contribution in [3.05, 3.63) is 58.7 Å². The molecule has 2 rings (SSSR count). The first kappa shape index (κ1) is 17.5. The van der Waals surface area contributed by atoms with Crippen LogP contribution in [0.3, 0.4) is 0 Å². The van der Waals surface area contributed by atoms with Crippen molar-refractivity contribution in [2.45, 2.75) is 18.7 Å². The normalized spacial score (nSPS) is 11.1. The predicted octanol–water partition coefficient (Wildman–Crippen LogP) is 2.47. The maximum absolute atomic E-state index is 12.4. The highest BCUT2D eigenvalue weighted by molar-refractivity contribution is 7.87. The minimum atomic E-state index is -4.40. The summed E-state index contributed by atoms with van der Waals surface area (Å²) in [6.45, 7) is 3.32. The molecule has 0 aliphatic carbocycles. The number of carboxylic acid groups (broad SMARTS) is 2. The number of benzene rings is 2. The van der Waals surface area contributed by atoms with E-state index in [-0.39, 0.29) is 5.75 Å². The van der Waals surface area contributed by atoms with Crippen LogP contribution in [0.25, 0.3) is 0 Å². The summed E-state index contributed by atoms with van der Waals surface area (Å²) in [6, 6.07) is 7.65. The Morgan fingerprint density at radius 1 is 0.917 bits per heavy atom. The zero-order valence-corrected chi connectivity index (χ0v) is 13.6. The monoisotopic (exact) mass is 350 g/mol. The largest absolute Gasteiger partial charge is 0.478 e. The van der Waals surface area contributed by atoms with E-state index >= 15 is 0 Å². The predicted molar refractivity (Wildman–Crippen MR) is 84.1 cm³/mol. The molecule has 2 N–H and O–H groups in total.